The van der Waals surface area contributed by atoms with E-state index in [4.69, 9.17) is 0 Å². The molecule has 0 heterocycles. The molecule has 1 fully saturated rings. The third kappa shape index (κ3) is 5.72. The molecule has 0 aliphatic heterocycles. The van der Waals surface area contributed by atoms with Gasteiger partial charge < -0.3 is 0 Å². The molecule has 0 saturated heterocycles. The van der Waals surface area contributed by atoms with Gasteiger partial charge in [0, 0.05) is 4.32 Å². The highest BCUT2D eigenvalue weighted by molar-refractivity contribution is 9.10. The quantitative estimate of drug-likeness (QED) is 0.525. The van der Waals surface area contributed by atoms with Crippen LogP contribution in [-0.4, -0.2) is 4.32 Å². The van der Waals surface area contributed by atoms with Crippen molar-refractivity contribution in [3.63, 3.8) is 0 Å². The minimum atomic E-state index is 0.442. The van der Waals surface area contributed by atoms with Crippen LogP contribution >= 0.6 is 15.9 Å². The minimum absolute atomic E-state index is 0.442. The smallest absolute Gasteiger partial charge is 0.0229 e. The maximum atomic E-state index is 3.86. The van der Waals surface area contributed by atoms with Crippen LogP contribution in [0.5, 0.6) is 0 Å². The van der Waals surface area contributed by atoms with Gasteiger partial charge in [0.25, 0.3) is 0 Å². The Morgan fingerprint density at radius 1 is 0.692 bits per heavy atom. The Morgan fingerprint density at radius 3 is 1.38 bits per heavy atom. The highest BCUT2D eigenvalue weighted by atomic mass is 79.9. The predicted molar refractivity (Wildman–Crippen MR) is 63.5 cm³/mol. The first-order chi connectivity index (χ1) is 6.21. The summed E-state index contributed by atoms with van der Waals surface area (Å²) in [5, 5.41) is 0. The molecule has 78 valence electrons. The molecule has 1 aliphatic carbocycles. The molecule has 13 heavy (non-hydrogen) atoms. The molecule has 0 aromatic carbocycles. The van der Waals surface area contributed by atoms with Crippen LogP contribution < -0.4 is 0 Å². The number of hydrogen-bond donors (Lipinski definition) is 0. The summed E-state index contributed by atoms with van der Waals surface area (Å²) in [7, 11) is 0. The van der Waals surface area contributed by atoms with Crippen molar-refractivity contribution in [1.29, 1.82) is 0 Å². The second kappa shape index (κ2) is 6.06. The summed E-state index contributed by atoms with van der Waals surface area (Å²) in [6, 6.07) is 0. The van der Waals surface area contributed by atoms with E-state index < -0.39 is 0 Å². The van der Waals surface area contributed by atoms with Crippen LogP contribution in [0.15, 0.2) is 0 Å². The standard InChI is InChI=1S/C12H23Br/c1-12(13)10-8-6-4-2-3-5-7-9-11-12/h2-11H2,1H3. The van der Waals surface area contributed by atoms with E-state index in [1.165, 1.54) is 64.2 Å². The van der Waals surface area contributed by atoms with E-state index in [2.05, 4.69) is 22.9 Å². The molecular formula is C12H23Br. The first-order valence-corrected chi connectivity index (χ1v) is 6.69. The van der Waals surface area contributed by atoms with Gasteiger partial charge in [0.15, 0.2) is 0 Å². The number of alkyl halides is 1. The molecule has 0 N–H and O–H groups in total. The SMILES string of the molecule is CC1(Br)CCCCCCCCCC1. The highest BCUT2D eigenvalue weighted by Crippen LogP contribution is 2.31. The summed E-state index contributed by atoms with van der Waals surface area (Å²) in [4.78, 5) is 0. The molecule has 0 nitrogen and oxygen atoms in total. The van der Waals surface area contributed by atoms with Crippen molar-refractivity contribution in [2.45, 2.75) is 75.5 Å². The van der Waals surface area contributed by atoms with E-state index in [0.29, 0.717) is 4.32 Å². The first-order valence-electron chi connectivity index (χ1n) is 5.90. The number of halogens is 1. The largest absolute Gasteiger partial charge is 0.0856 e. The lowest BCUT2D eigenvalue weighted by atomic mass is 9.97. The van der Waals surface area contributed by atoms with E-state index in [1.54, 1.807) is 0 Å². The van der Waals surface area contributed by atoms with E-state index >= 15 is 0 Å². The van der Waals surface area contributed by atoms with Crippen molar-refractivity contribution in [3.8, 4) is 0 Å². The van der Waals surface area contributed by atoms with Crippen LogP contribution in [0.4, 0.5) is 0 Å². The molecule has 1 aliphatic rings. The van der Waals surface area contributed by atoms with Gasteiger partial charge in [-0.1, -0.05) is 67.3 Å². The summed E-state index contributed by atoms with van der Waals surface area (Å²) < 4.78 is 0.442. The van der Waals surface area contributed by atoms with Gasteiger partial charge in [0.1, 0.15) is 0 Å². The fourth-order valence-electron chi connectivity index (χ4n) is 2.17. The lowest BCUT2D eigenvalue weighted by molar-refractivity contribution is 0.497. The van der Waals surface area contributed by atoms with Gasteiger partial charge in [-0.25, -0.2) is 0 Å². The van der Waals surface area contributed by atoms with Crippen LogP contribution in [0.3, 0.4) is 0 Å². The molecule has 0 radical (unpaired) electrons. The Bertz CT molecular complexity index is 115. The molecule has 0 unspecified atom stereocenters. The van der Waals surface area contributed by atoms with Crippen molar-refractivity contribution in [2.24, 2.45) is 0 Å². The first kappa shape index (κ1) is 11.6. The second-order valence-corrected chi connectivity index (χ2v) is 6.66. The number of rotatable bonds is 0. The molecule has 1 saturated carbocycles. The maximum Gasteiger partial charge on any atom is 0.0229 e. The van der Waals surface area contributed by atoms with Gasteiger partial charge >= 0.3 is 0 Å². The molecule has 0 aromatic heterocycles. The van der Waals surface area contributed by atoms with Gasteiger partial charge in [-0.15, -0.1) is 0 Å². The molecular weight excluding hydrogens is 224 g/mol. The zero-order chi connectivity index (χ0) is 9.57. The molecule has 1 heteroatoms. The molecule has 0 bridgehead atoms. The Labute approximate surface area is 91.6 Å². The summed E-state index contributed by atoms with van der Waals surface area (Å²) >= 11 is 3.86. The Hall–Kier alpha value is 0.480. The van der Waals surface area contributed by atoms with Crippen molar-refractivity contribution in [2.75, 3.05) is 0 Å². The van der Waals surface area contributed by atoms with E-state index in [1.807, 2.05) is 0 Å². The lowest BCUT2D eigenvalue weighted by Crippen LogP contribution is -2.14. The summed E-state index contributed by atoms with van der Waals surface area (Å²) in [5.41, 5.74) is 0. The van der Waals surface area contributed by atoms with E-state index in [-0.39, 0.29) is 0 Å². The topological polar surface area (TPSA) is 0 Å². The third-order valence-electron chi connectivity index (χ3n) is 3.15. The van der Waals surface area contributed by atoms with Gasteiger partial charge in [0.05, 0.1) is 0 Å². The van der Waals surface area contributed by atoms with Crippen LogP contribution in [-0.2, 0) is 0 Å². The molecule has 0 amide bonds. The van der Waals surface area contributed by atoms with Gasteiger partial charge in [0.2, 0.25) is 0 Å². The predicted octanol–water partition coefficient (Wildman–Crippen LogP) is 5.05. The van der Waals surface area contributed by atoms with Crippen molar-refractivity contribution < 1.29 is 0 Å². The van der Waals surface area contributed by atoms with Crippen LogP contribution in [0.2, 0.25) is 0 Å². The van der Waals surface area contributed by atoms with Crippen molar-refractivity contribution >= 4 is 15.9 Å². The monoisotopic (exact) mass is 246 g/mol. The van der Waals surface area contributed by atoms with Crippen LogP contribution in [0.1, 0.15) is 71.1 Å². The van der Waals surface area contributed by atoms with Gasteiger partial charge in [-0.3, -0.25) is 0 Å². The summed E-state index contributed by atoms with van der Waals surface area (Å²) in [5.74, 6) is 0. The number of hydrogen-bond acceptors (Lipinski definition) is 0. The van der Waals surface area contributed by atoms with Gasteiger partial charge in [-0.05, 0) is 19.8 Å². The second-order valence-electron chi connectivity index (χ2n) is 4.74. The zero-order valence-electron chi connectivity index (χ0n) is 8.95. The summed E-state index contributed by atoms with van der Waals surface area (Å²) in [6.07, 6.45) is 14.3. The summed E-state index contributed by atoms with van der Waals surface area (Å²) in [6.45, 7) is 2.37. The minimum Gasteiger partial charge on any atom is -0.0856 e. The van der Waals surface area contributed by atoms with Gasteiger partial charge in [-0.2, -0.15) is 0 Å². The average molecular weight is 247 g/mol. The Balaban J connectivity index is 2.27. The zero-order valence-corrected chi connectivity index (χ0v) is 10.5. The maximum absolute atomic E-state index is 3.86. The highest BCUT2D eigenvalue weighted by Gasteiger charge is 2.18. The lowest BCUT2D eigenvalue weighted by Gasteiger charge is -2.21. The van der Waals surface area contributed by atoms with Crippen molar-refractivity contribution in [1.82, 2.24) is 0 Å². The van der Waals surface area contributed by atoms with Crippen LogP contribution in [0.25, 0.3) is 0 Å². The van der Waals surface area contributed by atoms with Crippen LogP contribution in [0, 0.1) is 0 Å². The van der Waals surface area contributed by atoms with Crippen molar-refractivity contribution in [3.05, 3.63) is 0 Å². The fraction of sp³-hybridized carbons (Fsp3) is 1.00. The third-order valence-corrected chi connectivity index (χ3v) is 3.94. The molecule has 0 aromatic rings. The fourth-order valence-corrected chi connectivity index (χ4v) is 2.73. The van der Waals surface area contributed by atoms with E-state index in [9.17, 15) is 0 Å². The molecule has 1 rings (SSSR count). The molecule has 0 spiro atoms. The average Bonchev–Trinajstić information content (AvgIpc) is 2.10. The normalized spacial score (nSPS) is 26.3. The molecule has 0 atom stereocenters. The Kier molecular flexibility index (Phi) is 5.38. The Morgan fingerprint density at radius 2 is 1.00 bits per heavy atom. The van der Waals surface area contributed by atoms with E-state index in [0.717, 1.165) is 0 Å².